The van der Waals surface area contributed by atoms with Gasteiger partial charge in [-0.2, -0.15) is 0 Å². The van der Waals surface area contributed by atoms with Crippen LogP contribution in [0.15, 0.2) is 4.99 Å². The standard InChI is InChI=1S/C10H17Br2N3O3/c1-7-4-8(6-18-7)5-14(3)9(13-2)10(11,12)15(16)17/h7-8H,4-6H2,1-3H3. The van der Waals surface area contributed by atoms with Crippen molar-refractivity contribution in [3.63, 3.8) is 0 Å². The average molecular weight is 387 g/mol. The molecule has 104 valence electrons. The molecule has 1 fully saturated rings. The molecule has 0 aliphatic carbocycles. The van der Waals surface area contributed by atoms with E-state index >= 15 is 0 Å². The summed E-state index contributed by atoms with van der Waals surface area (Å²) in [6.45, 7) is 3.41. The number of ether oxygens (including phenoxy) is 1. The van der Waals surface area contributed by atoms with Gasteiger partial charge >= 0.3 is 3.36 Å². The van der Waals surface area contributed by atoms with E-state index < -0.39 is 8.28 Å². The lowest BCUT2D eigenvalue weighted by molar-refractivity contribution is -0.486. The highest BCUT2D eigenvalue weighted by Crippen LogP contribution is 2.31. The van der Waals surface area contributed by atoms with Crippen LogP contribution in [0.3, 0.4) is 0 Å². The van der Waals surface area contributed by atoms with Crippen LogP contribution in [0.4, 0.5) is 0 Å². The fraction of sp³-hybridized carbons (Fsp3) is 0.900. The summed E-state index contributed by atoms with van der Waals surface area (Å²) in [6, 6.07) is 0. The molecule has 6 nitrogen and oxygen atoms in total. The zero-order valence-electron chi connectivity index (χ0n) is 10.6. The quantitative estimate of drug-likeness (QED) is 0.185. The molecule has 1 aliphatic rings. The molecular formula is C10H17Br2N3O3. The van der Waals surface area contributed by atoms with E-state index in [1.807, 2.05) is 6.92 Å². The lowest BCUT2D eigenvalue weighted by atomic mass is 10.1. The highest BCUT2D eigenvalue weighted by Gasteiger charge is 2.45. The van der Waals surface area contributed by atoms with E-state index in [2.05, 4.69) is 36.9 Å². The molecule has 1 aliphatic heterocycles. The van der Waals surface area contributed by atoms with E-state index in [0.717, 1.165) is 6.42 Å². The Labute approximate surface area is 123 Å². The first kappa shape index (κ1) is 15.8. The van der Waals surface area contributed by atoms with E-state index in [0.29, 0.717) is 24.9 Å². The van der Waals surface area contributed by atoms with Crippen molar-refractivity contribution in [3.8, 4) is 0 Å². The number of hydrogen-bond acceptors (Lipinski definition) is 4. The van der Waals surface area contributed by atoms with Gasteiger partial charge in [-0.3, -0.25) is 15.1 Å². The minimum atomic E-state index is -1.53. The maximum atomic E-state index is 11.0. The van der Waals surface area contributed by atoms with Gasteiger partial charge in [0.05, 0.1) is 17.6 Å². The van der Waals surface area contributed by atoms with Crippen molar-refractivity contribution in [1.82, 2.24) is 4.90 Å². The Bertz CT molecular complexity index is 349. The van der Waals surface area contributed by atoms with E-state index in [4.69, 9.17) is 4.74 Å². The molecular weight excluding hydrogens is 370 g/mol. The van der Waals surface area contributed by atoms with Crippen molar-refractivity contribution in [2.75, 3.05) is 27.2 Å². The van der Waals surface area contributed by atoms with Gasteiger partial charge in [-0.05, 0) is 13.3 Å². The predicted octanol–water partition coefficient (Wildman–Crippen LogP) is 2.09. The summed E-state index contributed by atoms with van der Waals surface area (Å²) in [7, 11) is 3.34. The van der Waals surface area contributed by atoms with Crippen LogP contribution in [0.5, 0.6) is 0 Å². The number of hydrogen-bond donors (Lipinski definition) is 0. The number of nitro groups is 1. The van der Waals surface area contributed by atoms with Gasteiger partial charge in [0.25, 0.3) is 0 Å². The average Bonchev–Trinajstić information content (AvgIpc) is 2.64. The van der Waals surface area contributed by atoms with Crippen LogP contribution in [0.2, 0.25) is 0 Å². The van der Waals surface area contributed by atoms with Crippen LogP contribution in [-0.4, -0.2) is 52.4 Å². The van der Waals surface area contributed by atoms with Gasteiger partial charge in [-0.15, -0.1) is 0 Å². The van der Waals surface area contributed by atoms with E-state index in [1.54, 1.807) is 19.0 Å². The molecule has 2 unspecified atom stereocenters. The fourth-order valence-electron chi connectivity index (χ4n) is 2.12. The highest BCUT2D eigenvalue weighted by atomic mass is 79.9. The van der Waals surface area contributed by atoms with Crippen molar-refractivity contribution in [2.45, 2.75) is 22.8 Å². The third-order valence-corrected chi connectivity index (χ3v) is 4.17. The number of nitrogens with zero attached hydrogens (tertiary/aromatic N) is 3. The summed E-state index contributed by atoms with van der Waals surface area (Å²) >= 11 is 6.10. The molecule has 0 aromatic rings. The number of alkyl halides is 2. The van der Waals surface area contributed by atoms with Gasteiger partial charge < -0.3 is 9.64 Å². The van der Waals surface area contributed by atoms with Crippen LogP contribution in [0.1, 0.15) is 13.3 Å². The van der Waals surface area contributed by atoms with E-state index in [9.17, 15) is 10.1 Å². The van der Waals surface area contributed by atoms with Crippen LogP contribution in [0.25, 0.3) is 0 Å². The molecule has 18 heavy (non-hydrogen) atoms. The third kappa shape index (κ3) is 3.64. The first-order chi connectivity index (χ1) is 8.28. The molecule has 1 rings (SSSR count). The Balaban J connectivity index is 2.69. The Morgan fingerprint density at radius 3 is 2.67 bits per heavy atom. The molecule has 1 heterocycles. The summed E-state index contributed by atoms with van der Waals surface area (Å²) in [6.07, 6.45) is 1.23. The normalized spacial score (nSPS) is 25.3. The molecule has 2 atom stereocenters. The lowest BCUT2D eigenvalue weighted by Gasteiger charge is -2.26. The Morgan fingerprint density at radius 2 is 2.28 bits per heavy atom. The first-order valence-corrected chi connectivity index (χ1v) is 7.20. The maximum Gasteiger partial charge on any atom is 0.382 e. The Hall–Kier alpha value is -0.210. The molecule has 0 spiro atoms. The van der Waals surface area contributed by atoms with Crippen molar-refractivity contribution in [2.24, 2.45) is 10.9 Å². The predicted molar refractivity (Wildman–Crippen MR) is 77.1 cm³/mol. The van der Waals surface area contributed by atoms with Gasteiger partial charge in [-0.25, -0.2) is 0 Å². The monoisotopic (exact) mass is 385 g/mol. The zero-order chi connectivity index (χ0) is 13.9. The van der Waals surface area contributed by atoms with Crippen LogP contribution < -0.4 is 0 Å². The van der Waals surface area contributed by atoms with E-state index in [1.165, 1.54) is 0 Å². The largest absolute Gasteiger partial charge is 0.382 e. The molecule has 0 saturated carbocycles. The topological polar surface area (TPSA) is 68.0 Å². The summed E-state index contributed by atoms with van der Waals surface area (Å²) < 4.78 is 3.96. The summed E-state index contributed by atoms with van der Waals surface area (Å²) in [5.74, 6) is 0.719. The number of amidine groups is 1. The second-order valence-electron chi connectivity index (χ2n) is 4.47. The second kappa shape index (κ2) is 6.29. The number of aliphatic imine (C=N–C) groups is 1. The van der Waals surface area contributed by atoms with Gasteiger partial charge in [0.1, 0.15) is 0 Å². The summed E-state index contributed by atoms with van der Waals surface area (Å²) in [5, 5.41) is 11.0. The van der Waals surface area contributed by atoms with Crippen molar-refractivity contribution in [3.05, 3.63) is 10.1 Å². The van der Waals surface area contributed by atoms with Crippen molar-refractivity contribution in [1.29, 1.82) is 0 Å². The number of halogens is 2. The fourth-order valence-corrected chi connectivity index (χ4v) is 3.08. The smallest absolute Gasteiger partial charge is 0.378 e. The van der Waals surface area contributed by atoms with Crippen molar-refractivity contribution >= 4 is 37.7 Å². The molecule has 0 bridgehead atoms. The van der Waals surface area contributed by atoms with Gasteiger partial charge in [0.15, 0.2) is 0 Å². The van der Waals surface area contributed by atoms with Crippen LogP contribution >= 0.6 is 31.9 Å². The second-order valence-corrected chi connectivity index (χ2v) is 7.83. The third-order valence-electron chi connectivity index (χ3n) is 2.89. The van der Waals surface area contributed by atoms with Crippen molar-refractivity contribution < 1.29 is 9.66 Å². The van der Waals surface area contributed by atoms with E-state index in [-0.39, 0.29) is 6.10 Å². The molecule has 0 aromatic carbocycles. The first-order valence-electron chi connectivity index (χ1n) is 5.61. The Morgan fingerprint density at radius 1 is 1.67 bits per heavy atom. The number of rotatable bonds is 4. The van der Waals surface area contributed by atoms with Gasteiger partial charge in [0, 0.05) is 58.4 Å². The zero-order valence-corrected chi connectivity index (χ0v) is 13.8. The Kier molecular flexibility index (Phi) is 5.54. The molecule has 0 aromatic heterocycles. The summed E-state index contributed by atoms with van der Waals surface area (Å²) in [4.78, 5) is 16.3. The number of likely N-dealkylation sites (N-methyl/N-ethyl adjacent to an activating group) is 1. The minimum Gasteiger partial charge on any atom is -0.378 e. The molecule has 8 heteroatoms. The van der Waals surface area contributed by atoms with Gasteiger partial charge in [-0.1, -0.05) is 0 Å². The van der Waals surface area contributed by atoms with Crippen LogP contribution in [0, 0.1) is 16.0 Å². The summed E-state index contributed by atoms with van der Waals surface area (Å²) in [5.41, 5.74) is 0. The van der Waals surface area contributed by atoms with Crippen LogP contribution in [-0.2, 0) is 4.74 Å². The molecule has 0 radical (unpaired) electrons. The van der Waals surface area contributed by atoms with Gasteiger partial charge in [0.2, 0.25) is 5.84 Å². The lowest BCUT2D eigenvalue weighted by Crippen LogP contribution is -2.46. The molecule has 0 amide bonds. The molecule has 0 N–H and O–H groups in total. The maximum absolute atomic E-state index is 11.0. The SMILES string of the molecule is CN=C(N(C)CC1COC(C)C1)C(Br)(Br)[N+](=O)[O-]. The molecule has 1 saturated heterocycles. The minimum absolute atomic E-state index is 0.263. The highest BCUT2D eigenvalue weighted by molar-refractivity contribution is 9.25.